The van der Waals surface area contributed by atoms with E-state index in [1.165, 1.54) is 0 Å². The van der Waals surface area contributed by atoms with Crippen LogP contribution in [0, 0.1) is 0 Å². The number of carboxylic acid groups (broad SMARTS) is 1. The molecule has 3 nitrogen and oxygen atoms in total. The summed E-state index contributed by atoms with van der Waals surface area (Å²) >= 11 is 5.36. The van der Waals surface area contributed by atoms with Crippen molar-refractivity contribution in [2.45, 2.75) is 12.3 Å². The van der Waals surface area contributed by atoms with Crippen LogP contribution < -0.4 is 0 Å². The summed E-state index contributed by atoms with van der Waals surface area (Å²) in [4.78, 5) is 14.0. The first kappa shape index (κ1) is 10.8. The summed E-state index contributed by atoms with van der Waals surface area (Å²) in [6.07, 6.45) is -2.70. The second kappa shape index (κ2) is 4.32. The average Bonchev–Trinajstić information content (AvgIpc) is 2.16. The van der Waals surface area contributed by atoms with Crippen LogP contribution in [0.1, 0.15) is 28.2 Å². The Hall–Kier alpha value is -1.23. The van der Waals surface area contributed by atoms with Crippen LogP contribution in [0.15, 0.2) is 12.1 Å². The lowest BCUT2D eigenvalue weighted by atomic mass is 10.2. The van der Waals surface area contributed by atoms with Crippen molar-refractivity contribution in [1.82, 2.24) is 4.98 Å². The zero-order valence-corrected chi connectivity index (χ0v) is 7.63. The molecule has 0 amide bonds. The fourth-order valence-corrected chi connectivity index (χ4v) is 1.15. The molecule has 1 rings (SSSR count). The number of rotatable bonds is 3. The molecule has 1 N–H and O–H groups in total. The molecule has 6 heteroatoms. The molecule has 0 fully saturated rings. The number of aromatic nitrogens is 1. The fraction of sp³-hybridized carbons (Fsp3) is 0.250. The van der Waals surface area contributed by atoms with Crippen LogP contribution in [0.5, 0.6) is 0 Å². The minimum Gasteiger partial charge on any atom is -0.477 e. The third-order valence-electron chi connectivity index (χ3n) is 1.59. The van der Waals surface area contributed by atoms with Gasteiger partial charge in [0.2, 0.25) is 0 Å². The Morgan fingerprint density at radius 3 is 2.64 bits per heavy atom. The van der Waals surface area contributed by atoms with Crippen molar-refractivity contribution < 1.29 is 18.7 Å². The number of nitrogens with zero attached hydrogens (tertiary/aromatic N) is 1. The second-order valence-corrected chi connectivity index (χ2v) is 2.74. The van der Waals surface area contributed by atoms with Crippen LogP contribution in [0.4, 0.5) is 8.78 Å². The lowest BCUT2D eigenvalue weighted by Crippen LogP contribution is -2.05. The van der Waals surface area contributed by atoms with Gasteiger partial charge in [0.05, 0.1) is 11.6 Å². The maximum atomic E-state index is 12.3. The number of halogens is 3. The SMILES string of the molecule is O=C(O)c1ccc(C(F)F)c(CCl)n1. The van der Waals surface area contributed by atoms with Crippen LogP contribution in [0.2, 0.25) is 0 Å². The lowest BCUT2D eigenvalue weighted by Gasteiger charge is -2.05. The summed E-state index contributed by atoms with van der Waals surface area (Å²) in [7, 11) is 0. The van der Waals surface area contributed by atoms with E-state index in [1.54, 1.807) is 0 Å². The molecule has 1 heterocycles. The van der Waals surface area contributed by atoms with Crippen molar-refractivity contribution in [3.8, 4) is 0 Å². The van der Waals surface area contributed by atoms with E-state index in [2.05, 4.69) is 4.98 Å². The largest absolute Gasteiger partial charge is 0.477 e. The fourth-order valence-electron chi connectivity index (χ4n) is 0.937. The molecule has 0 aromatic carbocycles. The highest BCUT2D eigenvalue weighted by molar-refractivity contribution is 6.17. The van der Waals surface area contributed by atoms with E-state index in [0.717, 1.165) is 12.1 Å². The van der Waals surface area contributed by atoms with Gasteiger partial charge in [-0.3, -0.25) is 0 Å². The van der Waals surface area contributed by atoms with Gasteiger partial charge in [-0.2, -0.15) is 0 Å². The van der Waals surface area contributed by atoms with E-state index >= 15 is 0 Å². The van der Waals surface area contributed by atoms with Gasteiger partial charge in [0.25, 0.3) is 6.43 Å². The van der Waals surface area contributed by atoms with Gasteiger partial charge in [-0.25, -0.2) is 18.6 Å². The first-order valence-electron chi connectivity index (χ1n) is 3.63. The van der Waals surface area contributed by atoms with E-state index in [1.807, 2.05) is 0 Å². The highest BCUT2D eigenvalue weighted by Gasteiger charge is 2.15. The molecule has 14 heavy (non-hydrogen) atoms. The molecular weight excluding hydrogens is 216 g/mol. The smallest absolute Gasteiger partial charge is 0.354 e. The van der Waals surface area contributed by atoms with Gasteiger partial charge in [-0.1, -0.05) is 0 Å². The van der Waals surface area contributed by atoms with Gasteiger partial charge in [0.1, 0.15) is 5.69 Å². The summed E-state index contributed by atoms with van der Waals surface area (Å²) < 4.78 is 24.6. The number of alkyl halides is 3. The molecule has 0 bridgehead atoms. The average molecular weight is 222 g/mol. The van der Waals surface area contributed by atoms with Crippen molar-refractivity contribution in [3.63, 3.8) is 0 Å². The normalized spacial score (nSPS) is 10.6. The lowest BCUT2D eigenvalue weighted by molar-refractivity contribution is 0.0689. The van der Waals surface area contributed by atoms with Crippen LogP contribution in [-0.4, -0.2) is 16.1 Å². The number of aromatic carboxylic acids is 1. The molecule has 76 valence electrons. The maximum Gasteiger partial charge on any atom is 0.354 e. The Morgan fingerprint density at radius 2 is 2.21 bits per heavy atom. The summed E-state index contributed by atoms with van der Waals surface area (Å²) in [5.41, 5.74) is -0.711. The Morgan fingerprint density at radius 1 is 1.57 bits per heavy atom. The Bertz CT molecular complexity index is 357. The van der Waals surface area contributed by atoms with Gasteiger partial charge < -0.3 is 5.11 Å². The molecule has 0 aliphatic carbocycles. The molecule has 1 aromatic heterocycles. The van der Waals surface area contributed by atoms with Crippen molar-refractivity contribution in [3.05, 3.63) is 29.1 Å². The van der Waals surface area contributed by atoms with Gasteiger partial charge in [-0.05, 0) is 12.1 Å². The molecular formula is C8H6ClF2NO2. The number of carboxylic acids is 1. The monoisotopic (exact) mass is 221 g/mol. The maximum absolute atomic E-state index is 12.3. The van der Waals surface area contributed by atoms with Gasteiger partial charge in [0.15, 0.2) is 0 Å². The molecule has 0 saturated carbocycles. The predicted molar refractivity (Wildman–Crippen MR) is 45.7 cm³/mol. The van der Waals surface area contributed by atoms with Gasteiger partial charge in [0, 0.05) is 5.56 Å². The molecule has 1 aromatic rings. The number of pyridine rings is 1. The standard InChI is InChI=1S/C8H6ClF2NO2/c9-3-6-4(7(10)11)1-2-5(12-6)8(13)14/h1-2,7H,3H2,(H,13,14). The quantitative estimate of drug-likeness (QED) is 0.798. The van der Waals surface area contributed by atoms with E-state index in [4.69, 9.17) is 16.7 Å². The Kier molecular flexibility index (Phi) is 3.35. The first-order chi connectivity index (χ1) is 6.56. The molecule has 0 unspecified atom stereocenters. The molecule has 0 spiro atoms. The van der Waals surface area contributed by atoms with Gasteiger partial charge in [-0.15, -0.1) is 11.6 Å². The minimum absolute atomic E-state index is 0.0958. The predicted octanol–water partition coefficient (Wildman–Crippen LogP) is 2.46. The van der Waals surface area contributed by atoms with E-state index in [-0.39, 0.29) is 22.8 Å². The Labute approximate surface area is 83.3 Å². The summed E-state index contributed by atoms with van der Waals surface area (Å²) in [6, 6.07) is 2.05. The molecule has 0 aliphatic heterocycles. The second-order valence-electron chi connectivity index (χ2n) is 2.47. The van der Waals surface area contributed by atoms with Gasteiger partial charge >= 0.3 is 5.97 Å². The van der Waals surface area contributed by atoms with Crippen molar-refractivity contribution in [1.29, 1.82) is 0 Å². The van der Waals surface area contributed by atoms with Crippen LogP contribution in [0.25, 0.3) is 0 Å². The number of hydrogen-bond donors (Lipinski definition) is 1. The van der Waals surface area contributed by atoms with E-state index in [0.29, 0.717) is 0 Å². The zero-order valence-electron chi connectivity index (χ0n) is 6.88. The molecule has 0 radical (unpaired) electrons. The molecule has 0 aliphatic rings. The number of carbonyl (C=O) groups is 1. The number of hydrogen-bond acceptors (Lipinski definition) is 2. The highest BCUT2D eigenvalue weighted by atomic mass is 35.5. The van der Waals surface area contributed by atoms with Crippen molar-refractivity contribution in [2.75, 3.05) is 0 Å². The van der Waals surface area contributed by atoms with Crippen molar-refractivity contribution in [2.24, 2.45) is 0 Å². The third-order valence-corrected chi connectivity index (χ3v) is 1.84. The van der Waals surface area contributed by atoms with Crippen molar-refractivity contribution >= 4 is 17.6 Å². The minimum atomic E-state index is -2.70. The molecule has 0 atom stereocenters. The summed E-state index contributed by atoms with van der Waals surface area (Å²) in [5.74, 6) is -1.50. The van der Waals surface area contributed by atoms with E-state index in [9.17, 15) is 13.6 Å². The molecule has 0 saturated heterocycles. The Balaban J connectivity index is 3.18. The first-order valence-corrected chi connectivity index (χ1v) is 4.17. The third kappa shape index (κ3) is 2.17. The van der Waals surface area contributed by atoms with Crippen LogP contribution in [0.3, 0.4) is 0 Å². The van der Waals surface area contributed by atoms with E-state index < -0.39 is 12.4 Å². The highest BCUT2D eigenvalue weighted by Crippen LogP contribution is 2.23. The topological polar surface area (TPSA) is 50.2 Å². The summed E-state index contributed by atoms with van der Waals surface area (Å²) in [5, 5.41) is 8.54. The van der Waals surface area contributed by atoms with Crippen LogP contribution >= 0.6 is 11.6 Å². The zero-order chi connectivity index (χ0) is 10.7. The summed E-state index contributed by atoms with van der Waals surface area (Å²) in [6.45, 7) is 0. The van der Waals surface area contributed by atoms with Crippen LogP contribution in [-0.2, 0) is 5.88 Å².